The number of carbonyl (C=O) groups is 2. The molecule has 2 aromatic carbocycles. The van der Waals surface area contributed by atoms with E-state index in [2.05, 4.69) is 16.0 Å². The van der Waals surface area contributed by atoms with Gasteiger partial charge in [0.2, 0.25) is 5.91 Å². The van der Waals surface area contributed by atoms with Crippen LogP contribution >= 0.6 is 0 Å². The highest BCUT2D eigenvalue weighted by Gasteiger charge is 2.45. The molecule has 1 heterocycles. The maximum atomic E-state index is 13.3. The van der Waals surface area contributed by atoms with Crippen LogP contribution in [0, 0.1) is 5.82 Å². The monoisotopic (exact) mass is 411 g/mol. The lowest BCUT2D eigenvalue weighted by Crippen LogP contribution is -2.46. The zero-order valence-electron chi connectivity index (χ0n) is 16.7. The molecule has 0 radical (unpaired) electrons. The highest BCUT2D eigenvalue weighted by molar-refractivity contribution is 6.00. The molecule has 1 aliphatic heterocycles. The summed E-state index contributed by atoms with van der Waals surface area (Å²) in [6, 6.07) is 12.9. The summed E-state index contributed by atoms with van der Waals surface area (Å²) in [6.07, 6.45) is 4.55. The summed E-state index contributed by atoms with van der Waals surface area (Å²) in [7, 11) is 0. The summed E-state index contributed by atoms with van der Waals surface area (Å²) >= 11 is 0. The standard InChI is InChI=1S/C23H26FN3O3/c24-17-6-4-16(5-7-17)23(12-2-13-23)21(28)26-18-8-10-19(11-9-18)27-22(29)25-15-20-3-1-14-30-20/h4-11,20H,1-3,12-15H2,(H,26,28)(H2,25,27,29). The van der Waals surface area contributed by atoms with Gasteiger partial charge in [-0.25, -0.2) is 9.18 Å². The molecule has 7 heteroatoms. The lowest BCUT2D eigenvalue weighted by Gasteiger charge is -2.40. The van der Waals surface area contributed by atoms with Crippen molar-refractivity contribution in [1.29, 1.82) is 0 Å². The molecule has 0 aromatic heterocycles. The van der Waals surface area contributed by atoms with Crippen LogP contribution in [0.25, 0.3) is 0 Å². The van der Waals surface area contributed by atoms with E-state index in [0.29, 0.717) is 17.9 Å². The van der Waals surface area contributed by atoms with Crippen molar-refractivity contribution in [3.05, 3.63) is 59.9 Å². The van der Waals surface area contributed by atoms with Crippen molar-refractivity contribution >= 4 is 23.3 Å². The highest BCUT2D eigenvalue weighted by Crippen LogP contribution is 2.44. The molecule has 1 unspecified atom stereocenters. The Morgan fingerprint density at radius 1 is 0.967 bits per heavy atom. The molecule has 3 amide bonds. The predicted octanol–water partition coefficient (Wildman–Crippen LogP) is 4.19. The number of rotatable bonds is 6. The summed E-state index contributed by atoms with van der Waals surface area (Å²) < 4.78 is 18.7. The zero-order chi connectivity index (χ0) is 21.0. The van der Waals surface area contributed by atoms with Gasteiger partial charge in [-0.3, -0.25) is 4.79 Å². The van der Waals surface area contributed by atoms with Gasteiger partial charge in [0.15, 0.2) is 0 Å². The molecule has 2 fully saturated rings. The minimum Gasteiger partial charge on any atom is -0.376 e. The minimum atomic E-state index is -0.604. The van der Waals surface area contributed by atoms with E-state index in [0.717, 1.165) is 44.3 Å². The van der Waals surface area contributed by atoms with Gasteiger partial charge in [0.05, 0.1) is 11.5 Å². The topological polar surface area (TPSA) is 79.5 Å². The SMILES string of the molecule is O=C(NCC1CCCO1)Nc1ccc(NC(=O)C2(c3ccc(F)cc3)CCC2)cc1. The molecule has 2 aliphatic rings. The summed E-state index contributed by atoms with van der Waals surface area (Å²) in [5.41, 5.74) is 1.52. The Morgan fingerprint density at radius 3 is 2.20 bits per heavy atom. The van der Waals surface area contributed by atoms with Gasteiger partial charge in [-0.15, -0.1) is 0 Å². The van der Waals surface area contributed by atoms with Gasteiger partial charge in [0, 0.05) is 24.5 Å². The third-order valence-electron chi connectivity index (χ3n) is 5.95. The lowest BCUT2D eigenvalue weighted by molar-refractivity contribution is -0.124. The summed E-state index contributed by atoms with van der Waals surface area (Å²) in [6.45, 7) is 1.25. The van der Waals surface area contributed by atoms with E-state index in [1.54, 1.807) is 36.4 Å². The lowest BCUT2D eigenvalue weighted by atomic mass is 9.64. The van der Waals surface area contributed by atoms with Gasteiger partial charge in [-0.1, -0.05) is 18.6 Å². The highest BCUT2D eigenvalue weighted by atomic mass is 19.1. The number of benzene rings is 2. The number of halogens is 1. The molecule has 6 nitrogen and oxygen atoms in total. The molecule has 1 aliphatic carbocycles. The van der Waals surface area contributed by atoms with Crippen molar-refractivity contribution in [3.63, 3.8) is 0 Å². The number of nitrogens with one attached hydrogen (secondary N) is 3. The van der Waals surface area contributed by atoms with Crippen LogP contribution in [-0.4, -0.2) is 31.2 Å². The van der Waals surface area contributed by atoms with E-state index in [4.69, 9.17) is 4.74 Å². The molecular formula is C23H26FN3O3. The fraction of sp³-hybridized carbons (Fsp3) is 0.391. The predicted molar refractivity (Wildman–Crippen MR) is 113 cm³/mol. The summed E-state index contributed by atoms with van der Waals surface area (Å²) in [5, 5.41) is 8.54. The first kappa shape index (κ1) is 20.3. The normalized spacial score (nSPS) is 19.6. The number of ether oxygens (including phenoxy) is 1. The maximum Gasteiger partial charge on any atom is 0.319 e. The number of carbonyl (C=O) groups excluding carboxylic acids is 2. The number of anilines is 2. The van der Waals surface area contributed by atoms with E-state index in [9.17, 15) is 14.0 Å². The maximum absolute atomic E-state index is 13.3. The van der Waals surface area contributed by atoms with E-state index in [1.807, 2.05) is 0 Å². The Morgan fingerprint density at radius 2 is 1.63 bits per heavy atom. The average Bonchev–Trinajstić information content (AvgIpc) is 3.22. The molecular weight excluding hydrogens is 385 g/mol. The Hall–Kier alpha value is -2.93. The van der Waals surface area contributed by atoms with Crippen molar-refractivity contribution in [2.45, 2.75) is 43.6 Å². The van der Waals surface area contributed by atoms with Crippen molar-refractivity contribution in [1.82, 2.24) is 5.32 Å². The molecule has 0 bridgehead atoms. The summed E-state index contributed by atoms with van der Waals surface area (Å²) in [4.78, 5) is 25.0. The molecule has 1 saturated carbocycles. The first-order valence-corrected chi connectivity index (χ1v) is 10.4. The van der Waals surface area contributed by atoms with Crippen LogP contribution in [-0.2, 0) is 14.9 Å². The van der Waals surface area contributed by atoms with E-state index in [1.165, 1.54) is 12.1 Å². The molecule has 30 heavy (non-hydrogen) atoms. The molecule has 3 N–H and O–H groups in total. The smallest absolute Gasteiger partial charge is 0.319 e. The number of urea groups is 1. The van der Waals surface area contributed by atoms with Crippen molar-refractivity contribution in [2.75, 3.05) is 23.8 Å². The van der Waals surface area contributed by atoms with Crippen LogP contribution in [0.2, 0.25) is 0 Å². The van der Waals surface area contributed by atoms with Crippen LogP contribution in [0.15, 0.2) is 48.5 Å². The second-order valence-corrected chi connectivity index (χ2v) is 7.94. The van der Waals surface area contributed by atoms with E-state index < -0.39 is 5.41 Å². The van der Waals surface area contributed by atoms with Crippen LogP contribution in [0.1, 0.15) is 37.7 Å². The van der Waals surface area contributed by atoms with Crippen molar-refractivity contribution < 1.29 is 18.7 Å². The molecule has 158 valence electrons. The number of amides is 3. The number of hydrogen-bond acceptors (Lipinski definition) is 3. The van der Waals surface area contributed by atoms with E-state index >= 15 is 0 Å². The largest absolute Gasteiger partial charge is 0.376 e. The third kappa shape index (κ3) is 4.46. The fourth-order valence-electron chi connectivity index (χ4n) is 4.02. The van der Waals surface area contributed by atoms with Crippen molar-refractivity contribution in [2.24, 2.45) is 0 Å². The molecule has 1 saturated heterocycles. The van der Waals surface area contributed by atoms with Gasteiger partial charge in [-0.05, 0) is 67.6 Å². The Kier molecular flexibility index (Phi) is 5.99. The second-order valence-electron chi connectivity index (χ2n) is 7.94. The summed E-state index contributed by atoms with van der Waals surface area (Å²) in [5.74, 6) is -0.396. The third-order valence-corrected chi connectivity index (χ3v) is 5.95. The van der Waals surface area contributed by atoms with Crippen molar-refractivity contribution in [3.8, 4) is 0 Å². The first-order chi connectivity index (χ1) is 14.5. The Bertz CT molecular complexity index is 889. The molecule has 2 aromatic rings. The minimum absolute atomic E-state index is 0.0876. The Labute approximate surface area is 175 Å². The average molecular weight is 411 g/mol. The molecule has 1 atom stereocenters. The number of hydrogen-bond donors (Lipinski definition) is 3. The van der Waals surface area contributed by atoms with Gasteiger partial charge in [0.1, 0.15) is 5.82 Å². The quantitative estimate of drug-likeness (QED) is 0.667. The first-order valence-electron chi connectivity index (χ1n) is 10.4. The Balaban J connectivity index is 1.33. The van der Waals surface area contributed by atoms with Gasteiger partial charge in [-0.2, -0.15) is 0 Å². The zero-order valence-corrected chi connectivity index (χ0v) is 16.7. The van der Waals surface area contributed by atoms with Crippen LogP contribution in [0.4, 0.5) is 20.6 Å². The van der Waals surface area contributed by atoms with Gasteiger partial charge >= 0.3 is 6.03 Å². The van der Waals surface area contributed by atoms with Crippen LogP contribution < -0.4 is 16.0 Å². The van der Waals surface area contributed by atoms with Gasteiger partial charge < -0.3 is 20.7 Å². The second kappa shape index (κ2) is 8.83. The molecule has 4 rings (SSSR count). The van der Waals surface area contributed by atoms with Gasteiger partial charge in [0.25, 0.3) is 0 Å². The van der Waals surface area contributed by atoms with Crippen LogP contribution in [0.3, 0.4) is 0 Å². The van der Waals surface area contributed by atoms with E-state index in [-0.39, 0.29) is 23.9 Å². The van der Waals surface area contributed by atoms with Crippen LogP contribution in [0.5, 0.6) is 0 Å². The molecule has 0 spiro atoms. The fourth-order valence-corrected chi connectivity index (χ4v) is 4.02.